The molecule has 2 aromatic heterocycles. The zero-order valence-electron chi connectivity index (χ0n) is 13.3. The molecule has 1 fully saturated rings. The molecule has 1 aliphatic heterocycles. The van der Waals surface area contributed by atoms with E-state index in [0.29, 0.717) is 22.9 Å². The van der Waals surface area contributed by atoms with Crippen molar-refractivity contribution >= 4 is 5.91 Å². The fourth-order valence-corrected chi connectivity index (χ4v) is 3.23. The number of H-pyrrole nitrogens is 1. The molecule has 0 bridgehead atoms. The van der Waals surface area contributed by atoms with Crippen molar-refractivity contribution in [3.63, 3.8) is 0 Å². The van der Waals surface area contributed by atoms with Crippen LogP contribution < -0.4 is 0 Å². The van der Waals surface area contributed by atoms with E-state index in [9.17, 15) is 4.79 Å². The lowest BCUT2D eigenvalue weighted by atomic mass is 9.92. The van der Waals surface area contributed by atoms with Gasteiger partial charge < -0.3 is 9.42 Å². The lowest BCUT2D eigenvalue weighted by molar-refractivity contribution is 0.0670. The number of nitrogens with zero attached hydrogens (tertiary/aromatic N) is 3. The Morgan fingerprint density at radius 3 is 2.91 bits per heavy atom. The predicted molar refractivity (Wildman–Crippen MR) is 81.6 cm³/mol. The smallest absolute Gasteiger partial charge is 0.259 e. The average Bonchev–Trinajstić information content (AvgIpc) is 3.05. The van der Waals surface area contributed by atoms with Crippen molar-refractivity contribution in [1.29, 1.82) is 0 Å². The van der Waals surface area contributed by atoms with Crippen molar-refractivity contribution < 1.29 is 9.32 Å². The van der Waals surface area contributed by atoms with E-state index < -0.39 is 0 Å². The van der Waals surface area contributed by atoms with Gasteiger partial charge in [0.25, 0.3) is 5.91 Å². The van der Waals surface area contributed by atoms with E-state index in [1.165, 1.54) is 11.3 Å². The number of aryl methyl sites for hydroxylation is 3. The van der Waals surface area contributed by atoms with E-state index in [1.807, 2.05) is 18.0 Å². The van der Waals surface area contributed by atoms with E-state index in [0.717, 1.165) is 32.4 Å². The van der Waals surface area contributed by atoms with Crippen LogP contribution in [0.15, 0.2) is 10.7 Å². The Morgan fingerprint density at radius 2 is 2.27 bits per heavy atom. The Balaban J connectivity index is 1.70. The summed E-state index contributed by atoms with van der Waals surface area (Å²) in [4.78, 5) is 14.7. The van der Waals surface area contributed by atoms with Gasteiger partial charge in [-0.15, -0.1) is 0 Å². The van der Waals surface area contributed by atoms with Crippen molar-refractivity contribution in [2.24, 2.45) is 5.92 Å². The topological polar surface area (TPSA) is 75.0 Å². The van der Waals surface area contributed by atoms with Gasteiger partial charge in [0.2, 0.25) is 0 Å². The number of carbonyl (C=O) groups excluding carboxylic acids is 1. The van der Waals surface area contributed by atoms with Crippen LogP contribution in [0.5, 0.6) is 0 Å². The first-order chi connectivity index (χ1) is 10.6. The van der Waals surface area contributed by atoms with Crippen molar-refractivity contribution in [3.05, 3.63) is 34.5 Å². The minimum absolute atomic E-state index is 0.0438. The molecule has 6 heteroatoms. The third kappa shape index (κ3) is 2.77. The summed E-state index contributed by atoms with van der Waals surface area (Å²) >= 11 is 0. The third-order valence-corrected chi connectivity index (χ3v) is 4.48. The number of nitrogens with one attached hydrogen (secondary N) is 1. The number of rotatable bonds is 3. The minimum Gasteiger partial charge on any atom is -0.361 e. The zero-order valence-corrected chi connectivity index (χ0v) is 13.3. The van der Waals surface area contributed by atoms with Gasteiger partial charge in [0.1, 0.15) is 11.3 Å². The summed E-state index contributed by atoms with van der Waals surface area (Å²) in [7, 11) is 0. The average molecular weight is 302 g/mol. The SMILES string of the molecule is Cc1cn[nH]c1C[C@H]1CCCN(C(=O)c2c(C)noc2C)C1. The van der Waals surface area contributed by atoms with Crippen LogP contribution in [0.2, 0.25) is 0 Å². The molecule has 0 saturated carbocycles. The van der Waals surface area contributed by atoms with Gasteiger partial charge in [0.05, 0.1) is 11.9 Å². The first-order valence-corrected chi connectivity index (χ1v) is 7.77. The van der Waals surface area contributed by atoms with Crippen molar-refractivity contribution in [2.45, 2.75) is 40.0 Å². The molecule has 6 nitrogen and oxygen atoms in total. The molecular formula is C16H22N4O2. The molecule has 22 heavy (non-hydrogen) atoms. The monoisotopic (exact) mass is 302 g/mol. The van der Waals surface area contributed by atoms with Gasteiger partial charge in [-0.3, -0.25) is 9.89 Å². The van der Waals surface area contributed by atoms with Gasteiger partial charge in [-0.05, 0) is 51.5 Å². The van der Waals surface area contributed by atoms with Crippen LogP contribution >= 0.6 is 0 Å². The highest BCUT2D eigenvalue weighted by atomic mass is 16.5. The molecular weight excluding hydrogens is 280 g/mol. The van der Waals surface area contributed by atoms with Crippen LogP contribution in [0.3, 0.4) is 0 Å². The molecule has 1 N–H and O–H groups in total. The largest absolute Gasteiger partial charge is 0.361 e. The first kappa shape index (κ1) is 14.8. The predicted octanol–water partition coefficient (Wildman–Crippen LogP) is 2.42. The van der Waals surface area contributed by atoms with Gasteiger partial charge >= 0.3 is 0 Å². The lowest BCUT2D eigenvalue weighted by Gasteiger charge is -2.32. The Morgan fingerprint density at radius 1 is 1.45 bits per heavy atom. The van der Waals surface area contributed by atoms with E-state index in [-0.39, 0.29) is 5.91 Å². The number of amides is 1. The second-order valence-electron chi connectivity index (χ2n) is 6.19. The van der Waals surface area contributed by atoms with Crippen molar-refractivity contribution in [3.8, 4) is 0 Å². The highest BCUT2D eigenvalue weighted by molar-refractivity contribution is 5.96. The van der Waals surface area contributed by atoms with E-state index in [1.54, 1.807) is 6.92 Å². The Hall–Kier alpha value is -2.11. The van der Waals surface area contributed by atoms with Crippen LogP contribution in [0, 0.1) is 26.7 Å². The number of aromatic nitrogens is 3. The maximum Gasteiger partial charge on any atom is 0.259 e. The van der Waals surface area contributed by atoms with Gasteiger partial charge in [-0.1, -0.05) is 5.16 Å². The van der Waals surface area contributed by atoms with Crippen molar-refractivity contribution in [1.82, 2.24) is 20.3 Å². The summed E-state index contributed by atoms with van der Waals surface area (Å²) in [6.07, 6.45) is 4.97. The summed E-state index contributed by atoms with van der Waals surface area (Å²) in [6, 6.07) is 0. The number of hydrogen-bond donors (Lipinski definition) is 1. The zero-order chi connectivity index (χ0) is 15.7. The van der Waals surface area contributed by atoms with Crippen molar-refractivity contribution in [2.75, 3.05) is 13.1 Å². The highest BCUT2D eigenvalue weighted by Gasteiger charge is 2.28. The van der Waals surface area contributed by atoms with E-state index in [4.69, 9.17) is 4.52 Å². The highest BCUT2D eigenvalue weighted by Crippen LogP contribution is 2.24. The van der Waals surface area contributed by atoms with E-state index in [2.05, 4.69) is 22.3 Å². The van der Waals surface area contributed by atoms with Crippen LogP contribution in [0.4, 0.5) is 0 Å². The molecule has 3 rings (SSSR count). The summed E-state index contributed by atoms with van der Waals surface area (Å²) in [5.41, 5.74) is 3.67. The maximum absolute atomic E-state index is 12.7. The van der Waals surface area contributed by atoms with E-state index >= 15 is 0 Å². The Kier molecular flexibility index (Phi) is 4.00. The standard InChI is InChI=1S/C16H22N4O2/c1-10-8-17-18-14(10)7-13-5-4-6-20(9-13)16(21)15-11(2)19-22-12(15)3/h8,13H,4-7,9H2,1-3H3,(H,17,18)/t13-/m1/s1. The normalized spacial score (nSPS) is 18.7. The quantitative estimate of drug-likeness (QED) is 0.944. The number of hydrogen-bond acceptors (Lipinski definition) is 4. The van der Waals surface area contributed by atoms with Gasteiger partial charge in [-0.25, -0.2) is 0 Å². The fourth-order valence-electron chi connectivity index (χ4n) is 3.23. The molecule has 1 atom stereocenters. The van der Waals surface area contributed by atoms with Gasteiger partial charge in [0.15, 0.2) is 0 Å². The number of piperidine rings is 1. The van der Waals surface area contributed by atoms with Gasteiger partial charge in [0, 0.05) is 18.8 Å². The molecule has 0 unspecified atom stereocenters. The molecule has 0 spiro atoms. The Labute approximate surface area is 129 Å². The first-order valence-electron chi connectivity index (χ1n) is 7.77. The third-order valence-electron chi connectivity index (χ3n) is 4.48. The fraction of sp³-hybridized carbons (Fsp3) is 0.562. The second-order valence-corrected chi connectivity index (χ2v) is 6.19. The number of aromatic amines is 1. The molecule has 1 amide bonds. The maximum atomic E-state index is 12.7. The molecule has 1 aliphatic rings. The molecule has 0 aliphatic carbocycles. The molecule has 2 aromatic rings. The number of carbonyl (C=O) groups is 1. The Bertz CT molecular complexity index is 654. The van der Waals surface area contributed by atoms with Gasteiger partial charge in [-0.2, -0.15) is 5.10 Å². The second kappa shape index (κ2) is 5.94. The molecule has 0 aromatic carbocycles. The number of likely N-dealkylation sites (tertiary alicyclic amines) is 1. The summed E-state index contributed by atoms with van der Waals surface area (Å²) in [5.74, 6) is 1.12. The van der Waals surface area contributed by atoms with Crippen LogP contribution in [0.25, 0.3) is 0 Å². The molecule has 0 radical (unpaired) electrons. The summed E-state index contributed by atoms with van der Waals surface area (Å²) in [6.45, 7) is 7.26. The van der Waals surface area contributed by atoms with Crippen LogP contribution in [-0.2, 0) is 6.42 Å². The minimum atomic E-state index is 0.0438. The van der Waals surface area contributed by atoms with Crippen LogP contribution in [-0.4, -0.2) is 39.3 Å². The molecule has 118 valence electrons. The summed E-state index contributed by atoms with van der Waals surface area (Å²) < 4.78 is 5.12. The van der Waals surface area contributed by atoms with Crippen LogP contribution in [0.1, 0.15) is 45.9 Å². The molecule has 1 saturated heterocycles. The summed E-state index contributed by atoms with van der Waals surface area (Å²) in [5, 5.41) is 11.0. The molecule has 3 heterocycles. The lowest BCUT2D eigenvalue weighted by Crippen LogP contribution is -2.41.